The molecule has 1 atom stereocenters. The molecule has 1 aliphatic heterocycles. The average Bonchev–Trinajstić information content (AvgIpc) is 2.97. The van der Waals surface area contributed by atoms with E-state index in [-0.39, 0.29) is 6.10 Å². The molecule has 0 bridgehead atoms. The predicted octanol–water partition coefficient (Wildman–Crippen LogP) is 3.30. The van der Waals surface area contributed by atoms with Gasteiger partial charge in [-0.15, -0.1) is 0 Å². The van der Waals surface area contributed by atoms with E-state index < -0.39 is 0 Å². The first-order valence-electron chi connectivity index (χ1n) is 6.47. The summed E-state index contributed by atoms with van der Waals surface area (Å²) in [6, 6.07) is 8.36. The molecule has 1 saturated heterocycles. The molecular formula is C14H18N2O. The maximum Gasteiger partial charge on any atom is 0.139 e. The number of nitrogens with zero attached hydrogens (tertiary/aromatic N) is 2. The number of rotatable bonds is 3. The summed E-state index contributed by atoms with van der Waals surface area (Å²) < 4.78 is 8.10. The van der Waals surface area contributed by atoms with Gasteiger partial charge in [0.1, 0.15) is 11.9 Å². The Hall–Kier alpha value is -1.35. The largest absolute Gasteiger partial charge is 0.370 e. The minimum Gasteiger partial charge on any atom is -0.370 e. The standard InChI is InChI=1S/C14H18N2O/c1-2-9-16-12-7-4-3-6-11(12)15-14(16)13-8-5-10-17-13/h3-4,6-7,13H,2,5,8-10H2,1H3/t13-/m1/s1. The van der Waals surface area contributed by atoms with E-state index in [9.17, 15) is 0 Å². The van der Waals surface area contributed by atoms with Crippen LogP contribution < -0.4 is 0 Å². The van der Waals surface area contributed by atoms with E-state index in [0.29, 0.717) is 0 Å². The first kappa shape index (κ1) is 10.8. The van der Waals surface area contributed by atoms with Crippen LogP contribution in [-0.2, 0) is 11.3 Å². The Morgan fingerprint density at radius 3 is 3.06 bits per heavy atom. The molecule has 0 aliphatic carbocycles. The number of ether oxygens (including phenoxy) is 1. The first-order valence-corrected chi connectivity index (χ1v) is 6.47. The van der Waals surface area contributed by atoms with Gasteiger partial charge in [-0.3, -0.25) is 0 Å². The normalized spacial score (nSPS) is 20.2. The van der Waals surface area contributed by atoms with Crippen molar-refractivity contribution in [2.75, 3.05) is 6.61 Å². The van der Waals surface area contributed by atoms with Crippen molar-refractivity contribution in [3.63, 3.8) is 0 Å². The molecule has 0 radical (unpaired) electrons. The van der Waals surface area contributed by atoms with Gasteiger partial charge in [-0.1, -0.05) is 19.1 Å². The summed E-state index contributed by atoms with van der Waals surface area (Å²) in [5, 5.41) is 0. The van der Waals surface area contributed by atoms with Crippen LogP contribution in [0.3, 0.4) is 0 Å². The number of hydrogen-bond acceptors (Lipinski definition) is 2. The highest BCUT2D eigenvalue weighted by Gasteiger charge is 2.23. The number of imidazole rings is 1. The lowest BCUT2D eigenvalue weighted by atomic mass is 10.2. The molecule has 90 valence electrons. The van der Waals surface area contributed by atoms with E-state index >= 15 is 0 Å². The summed E-state index contributed by atoms with van der Waals surface area (Å²) >= 11 is 0. The van der Waals surface area contributed by atoms with E-state index in [1.165, 1.54) is 5.52 Å². The average molecular weight is 230 g/mol. The Balaban J connectivity index is 2.11. The molecular weight excluding hydrogens is 212 g/mol. The molecule has 1 aliphatic rings. The molecule has 0 amide bonds. The molecule has 3 rings (SSSR count). The van der Waals surface area contributed by atoms with Gasteiger partial charge in [0.05, 0.1) is 11.0 Å². The van der Waals surface area contributed by atoms with Crippen molar-refractivity contribution < 1.29 is 4.74 Å². The number of aryl methyl sites for hydroxylation is 1. The van der Waals surface area contributed by atoms with Crippen LogP contribution in [0.2, 0.25) is 0 Å². The summed E-state index contributed by atoms with van der Waals surface area (Å²) in [6.45, 7) is 4.10. The number of fused-ring (bicyclic) bond motifs is 1. The Labute approximate surface area is 101 Å². The number of hydrogen-bond donors (Lipinski definition) is 0. The van der Waals surface area contributed by atoms with Crippen LogP contribution in [0.5, 0.6) is 0 Å². The van der Waals surface area contributed by atoms with E-state index in [4.69, 9.17) is 9.72 Å². The molecule has 1 aromatic carbocycles. The van der Waals surface area contributed by atoms with Gasteiger partial charge in [0.15, 0.2) is 0 Å². The zero-order valence-corrected chi connectivity index (χ0v) is 10.2. The number of para-hydroxylation sites is 2. The topological polar surface area (TPSA) is 27.1 Å². The molecule has 2 aromatic rings. The van der Waals surface area contributed by atoms with E-state index in [0.717, 1.165) is 43.8 Å². The van der Waals surface area contributed by atoms with Crippen LogP contribution >= 0.6 is 0 Å². The molecule has 3 nitrogen and oxygen atoms in total. The van der Waals surface area contributed by atoms with Crippen LogP contribution in [0.1, 0.15) is 38.1 Å². The van der Waals surface area contributed by atoms with Gasteiger partial charge >= 0.3 is 0 Å². The van der Waals surface area contributed by atoms with Crippen molar-refractivity contribution in [2.24, 2.45) is 0 Å². The maximum atomic E-state index is 5.77. The van der Waals surface area contributed by atoms with E-state index in [1.54, 1.807) is 0 Å². The summed E-state index contributed by atoms with van der Waals surface area (Å²) in [5.41, 5.74) is 2.33. The van der Waals surface area contributed by atoms with Crippen molar-refractivity contribution in [3.05, 3.63) is 30.1 Å². The SMILES string of the molecule is CCCn1c([C@H]2CCCO2)nc2ccccc21. The van der Waals surface area contributed by atoms with Crippen molar-refractivity contribution in [2.45, 2.75) is 38.8 Å². The van der Waals surface area contributed by atoms with Crippen LogP contribution in [0, 0.1) is 0 Å². The highest BCUT2D eigenvalue weighted by atomic mass is 16.5. The monoisotopic (exact) mass is 230 g/mol. The Morgan fingerprint density at radius 2 is 2.29 bits per heavy atom. The first-order chi connectivity index (χ1) is 8.40. The fraction of sp³-hybridized carbons (Fsp3) is 0.500. The minimum atomic E-state index is 0.203. The Bertz CT molecular complexity index is 512. The van der Waals surface area contributed by atoms with Crippen LogP contribution in [0.4, 0.5) is 0 Å². The van der Waals surface area contributed by atoms with Crippen molar-refractivity contribution in [3.8, 4) is 0 Å². The maximum absolute atomic E-state index is 5.77. The Morgan fingerprint density at radius 1 is 1.41 bits per heavy atom. The third-order valence-corrected chi connectivity index (χ3v) is 3.35. The minimum absolute atomic E-state index is 0.203. The second kappa shape index (κ2) is 4.49. The van der Waals surface area contributed by atoms with Crippen molar-refractivity contribution >= 4 is 11.0 Å². The molecule has 1 fully saturated rings. The molecule has 3 heteroatoms. The fourth-order valence-electron chi connectivity index (χ4n) is 2.58. The van der Waals surface area contributed by atoms with Crippen LogP contribution in [0.15, 0.2) is 24.3 Å². The van der Waals surface area contributed by atoms with Crippen molar-refractivity contribution in [1.82, 2.24) is 9.55 Å². The quantitative estimate of drug-likeness (QED) is 0.809. The fourth-order valence-corrected chi connectivity index (χ4v) is 2.58. The third kappa shape index (κ3) is 1.84. The molecule has 2 heterocycles. The van der Waals surface area contributed by atoms with Gasteiger partial charge in [-0.2, -0.15) is 0 Å². The van der Waals surface area contributed by atoms with Crippen LogP contribution in [0.25, 0.3) is 11.0 Å². The van der Waals surface area contributed by atoms with Crippen molar-refractivity contribution in [1.29, 1.82) is 0 Å². The zero-order chi connectivity index (χ0) is 11.7. The third-order valence-electron chi connectivity index (χ3n) is 3.35. The highest BCUT2D eigenvalue weighted by molar-refractivity contribution is 5.76. The van der Waals surface area contributed by atoms with E-state index in [2.05, 4.69) is 29.7 Å². The zero-order valence-electron chi connectivity index (χ0n) is 10.2. The molecule has 0 spiro atoms. The smallest absolute Gasteiger partial charge is 0.139 e. The van der Waals surface area contributed by atoms with Gasteiger partial charge in [0.25, 0.3) is 0 Å². The van der Waals surface area contributed by atoms with Crippen LogP contribution in [-0.4, -0.2) is 16.2 Å². The molecule has 0 unspecified atom stereocenters. The summed E-state index contributed by atoms with van der Waals surface area (Å²) in [6.07, 6.45) is 3.58. The van der Waals surface area contributed by atoms with E-state index in [1.807, 2.05) is 6.07 Å². The Kier molecular flexibility index (Phi) is 2.85. The lowest BCUT2D eigenvalue weighted by Gasteiger charge is -2.12. The van der Waals surface area contributed by atoms with Gasteiger partial charge in [-0.05, 0) is 31.4 Å². The number of benzene rings is 1. The lowest BCUT2D eigenvalue weighted by Crippen LogP contribution is -2.08. The van der Waals surface area contributed by atoms with Gasteiger partial charge in [0, 0.05) is 13.2 Å². The molecule has 0 N–H and O–H groups in total. The second-order valence-corrected chi connectivity index (χ2v) is 4.61. The highest BCUT2D eigenvalue weighted by Crippen LogP contribution is 2.30. The molecule has 17 heavy (non-hydrogen) atoms. The lowest BCUT2D eigenvalue weighted by molar-refractivity contribution is 0.102. The molecule has 0 saturated carbocycles. The summed E-state index contributed by atoms with van der Waals surface area (Å²) in [5.74, 6) is 1.12. The summed E-state index contributed by atoms with van der Waals surface area (Å²) in [4.78, 5) is 4.75. The number of aromatic nitrogens is 2. The van der Waals surface area contributed by atoms with Gasteiger partial charge in [0.2, 0.25) is 0 Å². The predicted molar refractivity (Wildman–Crippen MR) is 68.0 cm³/mol. The van der Waals surface area contributed by atoms with Gasteiger partial charge < -0.3 is 9.30 Å². The van der Waals surface area contributed by atoms with Gasteiger partial charge in [-0.25, -0.2) is 4.98 Å². The molecule has 1 aromatic heterocycles. The second-order valence-electron chi connectivity index (χ2n) is 4.61. The summed E-state index contributed by atoms with van der Waals surface area (Å²) in [7, 11) is 0.